The number of rotatable bonds is 5. The molecule has 0 saturated carbocycles. The van der Waals surface area contributed by atoms with Gasteiger partial charge in [0, 0.05) is 11.6 Å². The maximum Gasteiger partial charge on any atom is 0.288 e. The van der Waals surface area contributed by atoms with E-state index in [9.17, 15) is 14.4 Å². The van der Waals surface area contributed by atoms with Crippen molar-refractivity contribution in [1.82, 2.24) is 15.3 Å². The smallest absolute Gasteiger partial charge is 0.288 e. The van der Waals surface area contributed by atoms with Crippen LogP contribution in [-0.4, -0.2) is 21.7 Å². The van der Waals surface area contributed by atoms with Gasteiger partial charge in [-0.2, -0.15) is 0 Å². The third-order valence-corrected chi connectivity index (χ3v) is 4.02. The number of carbonyl (C=O) groups is 2. The SMILES string of the molecule is O=C(Cc1nc2ccccc2[nH]c1=O)C(=O)NCc1ccccc1Cl. The van der Waals surface area contributed by atoms with E-state index < -0.39 is 17.2 Å². The van der Waals surface area contributed by atoms with E-state index in [0.717, 1.165) is 0 Å². The van der Waals surface area contributed by atoms with Crippen LogP contribution >= 0.6 is 11.6 Å². The first kappa shape index (κ1) is 16.9. The summed E-state index contributed by atoms with van der Waals surface area (Å²) in [5.74, 6) is -1.52. The van der Waals surface area contributed by atoms with E-state index in [0.29, 0.717) is 21.6 Å². The minimum Gasteiger partial charge on any atom is -0.345 e. The van der Waals surface area contributed by atoms with Gasteiger partial charge in [-0.3, -0.25) is 14.4 Å². The fourth-order valence-corrected chi connectivity index (χ4v) is 2.54. The summed E-state index contributed by atoms with van der Waals surface area (Å²) in [6, 6.07) is 14.0. The minimum atomic E-state index is -0.783. The number of halogens is 1. The molecule has 0 aliphatic carbocycles. The van der Waals surface area contributed by atoms with Gasteiger partial charge >= 0.3 is 0 Å². The van der Waals surface area contributed by atoms with Gasteiger partial charge in [0.05, 0.1) is 17.5 Å². The van der Waals surface area contributed by atoms with Gasteiger partial charge in [-0.15, -0.1) is 0 Å². The molecule has 0 fully saturated rings. The Balaban J connectivity index is 1.69. The molecule has 25 heavy (non-hydrogen) atoms. The standard InChI is InChI=1S/C18H14ClN3O3/c19-12-6-2-1-5-11(12)10-20-18(25)16(23)9-15-17(24)22-14-8-4-3-7-13(14)21-15/h1-8H,9-10H2,(H,20,25)(H,22,24). The lowest BCUT2D eigenvalue weighted by Gasteiger charge is -2.06. The number of aromatic amines is 1. The molecule has 0 aliphatic rings. The molecule has 1 amide bonds. The molecule has 126 valence electrons. The number of amides is 1. The van der Waals surface area contributed by atoms with Crippen molar-refractivity contribution in [1.29, 1.82) is 0 Å². The average molecular weight is 356 g/mol. The van der Waals surface area contributed by atoms with Crippen molar-refractivity contribution in [2.24, 2.45) is 0 Å². The van der Waals surface area contributed by atoms with Crippen molar-refractivity contribution in [3.63, 3.8) is 0 Å². The van der Waals surface area contributed by atoms with Gasteiger partial charge in [0.15, 0.2) is 0 Å². The maximum atomic E-state index is 12.1. The lowest BCUT2D eigenvalue weighted by Crippen LogP contribution is -2.33. The lowest BCUT2D eigenvalue weighted by molar-refractivity contribution is -0.137. The number of aromatic nitrogens is 2. The minimum absolute atomic E-state index is 0.0107. The number of H-pyrrole nitrogens is 1. The Morgan fingerprint density at radius 2 is 1.80 bits per heavy atom. The van der Waals surface area contributed by atoms with E-state index >= 15 is 0 Å². The Morgan fingerprint density at radius 1 is 1.08 bits per heavy atom. The second-order valence-electron chi connectivity index (χ2n) is 5.40. The van der Waals surface area contributed by atoms with Crippen LogP contribution < -0.4 is 10.9 Å². The molecule has 0 saturated heterocycles. The summed E-state index contributed by atoms with van der Waals surface area (Å²) in [5, 5.41) is 3.01. The predicted octanol–water partition coefficient (Wildman–Crippen LogP) is 2.00. The van der Waals surface area contributed by atoms with E-state index in [4.69, 9.17) is 11.6 Å². The third-order valence-electron chi connectivity index (χ3n) is 3.65. The number of hydrogen-bond acceptors (Lipinski definition) is 4. The summed E-state index contributed by atoms with van der Waals surface area (Å²) in [6.45, 7) is 0.131. The van der Waals surface area contributed by atoms with Crippen LogP contribution in [0.4, 0.5) is 0 Å². The summed E-state index contributed by atoms with van der Waals surface area (Å²) in [6.07, 6.45) is -0.367. The zero-order valence-electron chi connectivity index (χ0n) is 13.1. The molecule has 6 nitrogen and oxygen atoms in total. The largest absolute Gasteiger partial charge is 0.345 e. The molecule has 3 rings (SSSR count). The topological polar surface area (TPSA) is 91.9 Å². The normalized spacial score (nSPS) is 10.6. The number of para-hydroxylation sites is 2. The van der Waals surface area contributed by atoms with Crippen molar-refractivity contribution in [3.8, 4) is 0 Å². The van der Waals surface area contributed by atoms with Gasteiger partial charge < -0.3 is 10.3 Å². The summed E-state index contributed by atoms with van der Waals surface area (Å²) in [7, 11) is 0. The highest BCUT2D eigenvalue weighted by Gasteiger charge is 2.17. The van der Waals surface area contributed by atoms with Gasteiger partial charge in [0.25, 0.3) is 11.5 Å². The second-order valence-corrected chi connectivity index (χ2v) is 5.81. The number of nitrogens with one attached hydrogen (secondary N) is 2. The molecule has 2 aromatic carbocycles. The molecule has 7 heteroatoms. The van der Waals surface area contributed by atoms with E-state index in [-0.39, 0.29) is 18.7 Å². The number of Topliss-reactive ketones (excluding diaryl/α,β-unsaturated/α-hetero) is 1. The van der Waals surface area contributed by atoms with Gasteiger partial charge in [-0.1, -0.05) is 41.9 Å². The predicted molar refractivity (Wildman–Crippen MR) is 94.4 cm³/mol. The van der Waals surface area contributed by atoms with Gasteiger partial charge in [-0.05, 0) is 23.8 Å². The number of fused-ring (bicyclic) bond motifs is 1. The van der Waals surface area contributed by atoms with E-state index in [1.54, 1.807) is 48.5 Å². The first-order chi connectivity index (χ1) is 12.0. The monoisotopic (exact) mass is 355 g/mol. The van der Waals surface area contributed by atoms with Crippen molar-refractivity contribution in [3.05, 3.63) is 75.2 Å². The quantitative estimate of drug-likeness (QED) is 0.685. The molecule has 1 aromatic heterocycles. The van der Waals surface area contributed by atoms with Gasteiger partial charge in [0.2, 0.25) is 5.78 Å². The first-order valence-corrected chi connectivity index (χ1v) is 7.95. The molecule has 0 radical (unpaired) electrons. The van der Waals surface area contributed by atoms with E-state index in [1.165, 1.54) is 0 Å². The van der Waals surface area contributed by atoms with Gasteiger partial charge in [0.1, 0.15) is 5.69 Å². The number of carbonyl (C=O) groups excluding carboxylic acids is 2. The molecule has 0 atom stereocenters. The molecule has 0 unspecified atom stereocenters. The molecule has 3 aromatic rings. The molecular formula is C18H14ClN3O3. The number of hydrogen-bond donors (Lipinski definition) is 2. The first-order valence-electron chi connectivity index (χ1n) is 7.57. The maximum absolute atomic E-state index is 12.1. The average Bonchev–Trinajstić information content (AvgIpc) is 2.61. The highest BCUT2D eigenvalue weighted by atomic mass is 35.5. The third kappa shape index (κ3) is 3.92. The van der Waals surface area contributed by atoms with Crippen molar-refractivity contribution in [2.45, 2.75) is 13.0 Å². The summed E-state index contributed by atoms with van der Waals surface area (Å²) < 4.78 is 0. The summed E-state index contributed by atoms with van der Waals surface area (Å²) in [4.78, 5) is 42.8. The molecule has 0 bridgehead atoms. The highest BCUT2D eigenvalue weighted by Crippen LogP contribution is 2.14. The van der Waals surface area contributed by atoms with Crippen molar-refractivity contribution < 1.29 is 9.59 Å². The molecular weight excluding hydrogens is 342 g/mol. The molecule has 2 N–H and O–H groups in total. The zero-order valence-corrected chi connectivity index (χ0v) is 13.8. The van der Waals surface area contributed by atoms with Crippen LogP contribution in [-0.2, 0) is 22.6 Å². The highest BCUT2D eigenvalue weighted by molar-refractivity contribution is 6.36. The Kier molecular flexibility index (Phi) is 4.90. The van der Waals surface area contributed by atoms with Crippen LogP contribution in [0.3, 0.4) is 0 Å². The molecule has 0 spiro atoms. The van der Waals surface area contributed by atoms with Crippen molar-refractivity contribution >= 4 is 34.3 Å². The summed E-state index contributed by atoms with van der Waals surface area (Å²) in [5.41, 5.74) is 1.36. The zero-order chi connectivity index (χ0) is 17.8. The van der Waals surface area contributed by atoms with Gasteiger partial charge in [-0.25, -0.2) is 4.98 Å². The number of ketones is 1. The molecule has 0 aliphatic heterocycles. The van der Waals surface area contributed by atoms with Crippen LogP contribution in [0, 0.1) is 0 Å². The lowest BCUT2D eigenvalue weighted by atomic mass is 10.2. The van der Waals surface area contributed by atoms with Crippen LogP contribution in [0.5, 0.6) is 0 Å². The Bertz CT molecular complexity index is 1010. The van der Waals surface area contributed by atoms with Crippen LogP contribution in [0.25, 0.3) is 11.0 Å². The molecule has 1 heterocycles. The fourth-order valence-electron chi connectivity index (χ4n) is 2.34. The van der Waals surface area contributed by atoms with E-state index in [2.05, 4.69) is 15.3 Å². The van der Waals surface area contributed by atoms with Crippen LogP contribution in [0.2, 0.25) is 5.02 Å². The summed E-state index contributed by atoms with van der Waals surface area (Å²) >= 11 is 6.00. The Morgan fingerprint density at radius 3 is 2.60 bits per heavy atom. The van der Waals surface area contributed by atoms with Crippen LogP contribution in [0.1, 0.15) is 11.3 Å². The van der Waals surface area contributed by atoms with E-state index in [1.807, 2.05) is 0 Å². The Labute approximate surface area is 147 Å². The van der Waals surface area contributed by atoms with Crippen molar-refractivity contribution in [2.75, 3.05) is 0 Å². The number of nitrogens with zero attached hydrogens (tertiary/aromatic N) is 1. The fraction of sp³-hybridized carbons (Fsp3) is 0.111. The second kappa shape index (κ2) is 7.27. The Hall–Kier alpha value is -2.99. The van der Waals surface area contributed by atoms with Crippen LogP contribution in [0.15, 0.2) is 53.3 Å². The number of benzene rings is 2.